The van der Waals surface area contributed by atoms with Gasteiger partial charge in [0.15, 0.2) is 0 Å². The number of ether oxygens (including phenoxy) is 1. The molecule has 11 heteroatoms. The van der Waals surface area contributed by atoms with E-state index in [4.69, 9.17) is 11.6 Å². The van der Waals surface area contributed by atoms with Crippen molar-refractivity contribution in [3.63, 3.8) is 0 Å². The van der Waals surface area contributed by atoms with Crippen molar-refractivity contribution < 1.29 is 27.1 Å². The maximum absolute atomic E-state index is 15.0. The molecule has 3 atom stereocenters. The Kier molecular flexibility index (Phi) is 5.33. The molecule has 0 saturated carbocycles. The fraction of sp³-hybridized carbons (Fsp3) is 0.320. The minimum absolute atomic E-state index is 0.00632. The van der Waals surface area contributed by atoms with Crippen molar-refractivity contribution in [2.24, 2.45) is 5.41 Å². The lowest BCUT2D eigenvalue weighted by atomic mass is 9.73. The Bertz CT molecular complexity index is 1370. The number of rotatable bonds is 6. The van der Waals surface area contributed by atoms with Crippen molar-refractivity contribution in [2.75, 3.05) is 11.9 Å². The number of hydrogen-bond donors (Lipinski definition) is 1. The summed E-state index contributed by atoms with van der Waals surface area (Å²) in [5.41, 5.74) is 1.57. The monoisotopic (exact) mass is 518 g/mol. The fourth-order valence-electron chi connectivity index (χ4n) is 5.86. The molecule has 1 N–H and O–H groups in total. The zero-order valence-corrected chi connectivity index (χ0v) is 19.4. The average Bonchev–Trinajstić information content (AvgIpc) is 3.28. The number of carbonyl (C=O) groups excluding carboxylic acids is 1. The number of halogens is 5. The van der Waals surface area contributed by atoms with E-state index in [-0.39, 0.29) is 41.1 Å². The molecule has 6 rings (SSSR count). The fourth-order valence-corrected chi connectivity index (χ4v) is 6.13. The van der Waals surface area contributed by atoms with Gasteiger partial charge in [-0.1, -0.05) is 11.6 Å². The van der Waals surface area contributed by atoms with Gasteiger partial charge in [-0.15, -0.1) is 0 Å². The highest BCUT2D eigenvalue weighted by Crippen LogP contribution is 2.58. The zero-order chi connectivity index (χ0) is 25.2. The lowest BCUT2D eigenvalue weighted by Crippen LogP contribution is -2.41. The number of nitrogens with one attached hydrogen (secondary N) is 1. The first kappa shape index (κ1) is 23.0. The van der Waals surface area contributed by atoms with Crippen LogP contribution in [0.1, 0.15) is 30.0 Å². The van der Waals surface area contributed by atoms with Gasteiger partial charge in [-0.2, -0.15) is 13.2 Å². The highest BCUT2D eigenvalue weighted by molar-refractivity contribution is 6.33. The first-order valence-corrected chi connectivity index (χ1v) is 11.7. The molecule has 0 spiro atoms. The molecule has 1 aromatic carbocycles. The number of piperidine rings is 1. The summed E-state index contributed by atoms with van der Waals surface area (Å²) in [6.45, 7) is -2.79. The van der Waals surface area contributed by atoms with Crippen molar-refractivity contribution in [1.29, 1.82) is 0 Å². The van der Waals surface area contributed by atoms with Gasteiger partial charge >= 0.3 is 6.61 Å². The third-order valence-corrected chi connectivity index (χ3v) is 7.71. The predicted molar refractivity (Wildman–Crippen MR) is 123 cm³/mol. The van der Waals surface area contributed by atoms with Gasteiger partial charge < -0.3 is 15.0 Å². The SMILES string of the molecule is O=C1N2[C@@H]3Cc4c(ccnc4F)[C@H]2CC1(CNc1cc(Cl)c(-c2ccc(OC(F)F)nc2)cc1F)C3. The van der Waals surface area contributed by atoms with Crippen LogP contribution in [-0.2, 0) is 11.2 Å². The number of anilines is 1. The highest BCUT2D eigenvalue weighted by Gasteiger charge is 2.62. The van der Waals surface area contributed by atoms with Crippen molar-refractivity contribution in [3.05, 3.63) is 70.6 Å². The Morgan fingerprint density at radius 1 is 1.19 bits per heavy atom. The number of amides is 1. The van der Waals surface area contributed by atoms with E-state index in [1.165, 1.54) is 36.7 Å². The largest absolute Gasteiger partial charge is 0.417 e. The number of benzene rings is 1. The molecule has 3 aliphatic heterocycles. The van der Waals surface area contributed by atoms with Gasteiger partial charge in [0.05, 0.1) is 22.2 Å². The van der Waals surface area contributed by atoms with Gasteiger partial charge in [-0.25, -0.2) is 14.4 Å². The first-order chi connectivity index (χ1) is 17.3. The van der Waals surface area contributed by atoms with Crippen molar-refractivity contribution >= 4 is 23.2 Å². The third-order valence-electron chi connectivity index (χ3n) is 7.40. The first-order valence-electron chi connectivity index (χ1n) is 11.4. The molecule has 6 nitrogen and oxygen atoms in total. The van der Waals surface area contributed by atoms with Gasteiger partial charge in [0.2, 0.25) is 17.7 Å². The zero-order valence-electron chi connectivity index (χ0n) is 18.6. The number of alkyl halides is 2. The van der Waals surface area contributed by atoms with Crippen LogP contribution in [0.4, 0.5) is 23.2 Å². The number of pyridine rings is 2. The molecule has 3 aliphatic rings. The summed E-state index contributed by atoms with van der Waals surface area (Å²) in [6.07, 6.45) is 4.17. The minimum atomic E-state index is -3.00. The van der Waals surface area contributed by atoms with Gasteiger partial charge in [-0.3, -0.25) is 4.79 Å². The van der Waals surface area contributed by atoms with E-state index in [1.54, 1.807) is 6.07 Å². The second-order valence-electron chi connectivity index (χ2n) is 9.37. The summed E-state index contributed by atoms with van der Waals surface area (Å²) >= 11 is 6.41. The maximum atomic E-state index is 15.0. The van der Waals surface area contributed by atoms with Crippen molar-refractivity contribution in [1.82, 2.24) is 14.9 Å². The number of nitrogens with zero attached hydrogens (tertiary/aromatic N) is 3. The van der Waals surface area contributed by atoms with Crippen LogP contribution >= 0.6 is 11.6 Å². The molecule has 36 heavy (non-hydrogen) atoms. The number of aromatic nitrogens is 2. The second-order valence-corrected chi connectivity index (χ2v) is 9.78. The molecule has 1 amide bonds. The molecule has 2 aromatic heterocycles. The van der Waals surface area contributed by atoms with Crippen molar-refractivity contribution in [3.8, 4) is 17.0 Å². The summed E-state index contributed by atoms with van der Waals surface area (Å²) in [7, 11) is 0. The van der Waals surface area contributed by atoms with E-state index >= 15 is 4.39 Å². The summed E-state index contributed by atoms with van der Waals surface area (Å²) in [5.74, 6) is -1.34. The molecule has 3 aromatic rings. The molecule has 1 unspecified atom stereocenters. The van der Waals surface area contributed by atoms with Gasteiger partial charge in [-0.05, 0) is 49.1 Å². The molecular formula is C25H19ClF4N4O2. The third kappa shape index (κ3) is 3.57. The molecule has 2 saturated heterocycles. The molecular weight excluding hydrogens is 500 g/mol. The topological polar surface area (TPSA) is 67.4 Å². The Balaban J connectivity index is 1.21. The van der Waals surface area contributed by atoms with Gasteiger partial charge in [0.25, 0.3) is 0 Å². The molecule has 0 aliphatic carbocycles. The van der Waals surface area contributed by atoms with E-state index in [2.05, 4.69) is 20.0 Å². The molecule has 2 fully saturated rings. The van der Waals surface area contributed by atoms with Crippen LogP contribution in [0.2, 0.25) is 5.02 Å². The minimum Gasteiger partial charge on any atom is -0.417 e. The number of hydrogen-bond acceptors (Lipinski definition) is 5. The van der Waals surface area contributed by atoms with E-state index in [9.17, 15) is 18.0 Å². The van der Waals surface area contributed by atoms with Crippen molar-refractivity contribution in [2.45, 2.75) is 38.0 Å². The van der Waals surface area contributed by atoms with Gasteiger partial charge in [0.1, 0.15) is 5.82 Å². The summed E-state index contributed by atoms with van der Waals surface area (Å²) in [6, 6.07) is 6.81. The van der Waals surface area contributed by atoms with E-state index < -0.39 is 23.8 Å². The maximum Gasteiger partial charge on any atom is 0.388 e. The van der Waals surface area contributed by atoms with Crippen LogP contribution in [0.5, 0.6) is 5.88 Å². The Labute approximate surface area is 208 Å². The smallest absolute Gasteiger partial charge is 0.388 e. The van der Waals surface area contributed by atoms with Crippen LogP contribution in [-0.4, -0.2) is 40.0 Å². The second kappa shape index (κ2) is 8.33. The van der Waals surface area contributed by atoms with Crippen LogP contribution in [0.15, 0.2) is 42.7 Å². The Morgan fingerprint density at radius 2 is 2.03 bits per heavy atom. The average molecular weight is 519 g/mol. The summed E-state index contributed by atoms with van der Waals surface area (Å²) in [4.78, 5) is 22.7. The lowest BCUT2D eigenvalue weighted by Gasteiger charge is -2.40. The number of fused-ring (bicyclic) bond motifs is 3. The van der Waals surface area contributed by atoms with Crippen LogP contribution < -0.4 is 10.1 Å². The molecule has 5 heterocycles. The van der Waals surface area contributed by atoms with E-state index in [0.29, 0.717) is 36.0 Å². The standard InChI is InChI=1S/C25H19ClF4N4O2/c26-17-7-19(18(27)6-15(17)12-1-2-21(32-10-12)36-24(29)30)33-11-25-8-13-5-16-14(3-4-31-22(16)28)20(9-25)34(13)23(25)35/h1-4,6-7,10,13,20,24,33H,5,8-9,11H2/t13-,20-,25?/m1/s1. The summed E-state index contributed by atoms with van der Waals surface area (Å²) < 4.78 is 58.2. The number of carbonyl (C=O) groups is 1. The quantitative estimate of drug-likeness (QED) is 0.351. The van der Waals surface area contributed by atoms with Gasteiger partial charge in [0, 0.05) is 47.7 Å². The molecule has 186 valence electrons. The van der Waals surface area contributed by atoms with E-state index in [0.717, 1.165) is 5.56 Å². The Morgan fingerprint density at radius 3 is 2.78 bits per heavy atom. The molecule has 0 radical (unpaired) electrons. The predicted octanol–water partition coefficient (Wildman–Crippen LogP) is 5.38. The van der Waals surface area contributed by atoms with E-state index in [1.807, 2.05) is 4.90 Å². The molecule has 2 bridgehead atoms. The van der Waals surface area contributed by atoms with Crippen LogP contribution in [0.25, 0.3) is 11.1 Å². The van der Waals surface area contributed by atoms with Crippen LogP contribution in [0.3, 0.4) is 0 Å². The summed E-state index contributed by atoms with van der Waals surface area (Å²) in [5, 5.41) is 3.29. The highest BCUT2D eigenvalue weighted by atomic mass is 35.5. The Hall–Kier alpha value is -3.40. The van der Waals surface area contributed by atoms with Crippen LogP contribution in [0, 0.1) is 17.2 Å². The lowest BCUT2D eigenvalue weighted by molar-refractivity contribution is -0.132. The normalized spacial score (nSPS) is 23.8.